The van der Waals surface area contributed by atoms with Gasteiger partial charge in [-0.1, -0.05) is 28.1 Å². The summed E-state index contributed by atoms with van der Waals surface area (Å²) >= 11 is 5.09. The molecule has 74 valence electrons. The van der Waals surface area contributed by atoms with Crippen molar-refractivity contribution in [3.63, 3.8) is 0 Å². The molecule has 0 saturated carbocycles. The third-order valence-electron chi connectivity index (χ3n) is 2.32. The summed E-state index contributed by atoms with van der Waals surface area (Å²) in [5, 5.41) is 9.04. The highest BCUT2D eigenvalue weighted by atomic mass is 79.9. The van der Waals surface area contributed by atoms with E-state index in [4.69, 9.17) is 5.11 Å². The first kappa shape index (κ1) is 10.1. The van der Waals surface area contributed by atoms with Crippen LogP contribution in [-0.4, -0.2) is 16.8 Å². The van der Waals surface area contributed by atoms with Gasteiger partial charge in [-0.15, -0.1) is 0 Å². The molecule has 4 heteroatoms. The molecule has 14 heavy (non-hydrogen) atoms. The summed E-state index contributed by atoms with van der Waals surface area (Å²) in [4.78, 5) is 10.8. The van der Waals surface area contributed by atoms with Gasteiger partial charge in [0.15, 0.2) is 0 Å². The second-order valence-electron chi connectivity index (χ2n) is 3.25. The highest BCUT2D eigenvalue weighted by Crippen LogP contribution is 2.47. The monoisotopic (exact) mass is 272 g/mol. The molecule has 0 spiro atoms. The first-order valence-corrected chi connectivity index (χ1v) is 6.12. The van der Waals surface area contributed by atoms with Crippen LogP contribution in [0.3, 0.4) is 0 Å². The van der Waals surface area contributed by atoms with Crippen molar-refractivity contribution >= 4 is 33.7 Å². The van der Waals surface area contributed by atoms with Gasteiger partial charge in [0.2, 0.25) is 0 Å². The van der Waals surface area contributed by atoms with Gasteiger partial charge in [-0.05, 0) is 17.7 Å². The fraction of sp³-hybridized carbons (Fsp3) is 0.300. The van der Waals surface area contributed by atoms with Crippen LogP contribution in [0.25, 0.3) is 0 Å². The number of carboxylic acid groups (broad SMARTS) is 1. The van der Waals surface area contributed by atoms with E-state index in [9.17, 15) is 4.79 Å². The molecule has 1 heterocycles. The van der Waals surface area contributed by atoms with Crippen molar-refractivity contribution in [2.45, 2.75) is 5.25 Å². The summed E-state index contributed by atoms with van der Waals surface area (Å²) in [5.74, 6) is -0.171. The van der Waals surface area contributed by atoms with E-state index < -0.39 is 5.97 Å². The molecule has 1 N–H and O–H groups in total. The lowest BCUT2D eigenvalue weighted by atomic mass is 9.99. The highest BCUT2D eigenvalue weighted by Gasteiger charge is 2.38. The summed E-state index contributed by atoms with van der Waals surface area (Å²) in [7, 11) is 0. The number of carboxylic acids is 1. The molecule has 2 unspecified atom stereocenters. The van der Waals surface area contributed by atoms with Gasteiger partial charge in [-0.2, -0.15) is 11.8 Å². The maximum Gasteiger partial charge on any atom is 0.308 e. The zero-order chi connectivity index (χ0) is 10.1. The Labute approximate surface area is 94.8 Å². The fourth-order valence-corrected chi connectivity index (χ4v) is 3.09. The number of thioether (sulfide) groups is 1. The lowest BCUT2D eigenvalue weighted by Crippen LogP contribution is -2.30. The quantitative estimate of drug-likeness (QED) is 0.900. The van der Waals surface area contributed by atoms with Crippen molar-refractivity contribution in [2.75, 3.05) is 5.75 Å². The fourth-order valence-electron chi connectivity index (χ4n) is 1.50. The molecule has 0 amide bonds. The van der Waals surface area contributed by atoms with Gasteiger partial charge in [0.05, 0.1) is 5.92 Å². The Hall–Kier alpha value is -0.480. The van der Waals surface area contributed by atoms with Crippen LogP contribution in [0.4, 0.5) is 0 Å². The number of hydrogen-bond donors (Lipinski definition) is 1. The number of hydrogen-bond acceptors (Lipinski definition) is 2. The molecular weight excluding hydrogens is 264 g/mol. The minimum absolute atomic E-state index is 0.130. The molecule has 0 radical (unpaired) electrons. The van der Waals surface area contributed by atoms with E-state index in [1.165, 1.54) is 0 Å². The van der Waals surface area contributed by atoms with E-state index >= 15 is 0 Å². The lowest BCUT2D eigenvalue weighted by molar-refractivity contribution is -0.141. The molecule has 0 aromatic heterocycles. The predicted octanol–water partition coefficient (Wildman–Crippen LogP) is 2.94. The van der Waals surface area contributed by atoms with E-state index in [1.54, 1.807) is 11.8 Å². The molecule has 1 aromatic carbocycles. The maximum atomic E-state index is 10.8. The largest absolute Gasteiger partial charge is 0.481 e. The molecular formula is C10H9BrO2S. The normalized spacial score (nSPS) is 25.5. The van der Waals surface area contributed by atoms with Gasteiger partial charge in [0, 0.05) is 15.5 Å². The van der Waals surface area contributed by atoms with Crippen LogP contribution >= 0.6 is 27.7 Å². The number of rotatable bonds is 2. The molecule has 1 aromatic rings. The van der Waals surface area contributed by atoms with E-state index in [-0.39, 0.29) is 11.2 Å². The van der Waals surface area contributed by atoms with Crippen LogP contribution in [0.1, 0.15) is 10.8 Å². The van der Waals surface area contributed by atoms with Gasteiger partial charge < -0.3 is 5.11 Å². The first-order chi connectivity index (χ1) is 6.68. The molecule has 1 saturated heterocycles. The molecule has 0 bridgehead atoms. The van der Waals surface area contributed by atoms with Crippen molar-refractivity contribution in [3.05, 3.63) is 34.3 Å². The van der Waals surface area contributed by atoms with E-state index in [1.807, 2.05) is 24.3 Å². The average molecular weight is 273 g/mol. The summed E-state index contributed by atoms with van der Waals surface area (Å²) in [5.41, 5.74) is 1.10. The molecule has 0 aliphatic carbocycles. The van der Waals surface area contributed by atoms with Gasteiger partial charge in [0.1, 0.15) is 0 Å². The standard InChI is InChI=1S/C10H9BrO2S/c11-7-3-1-2-6(4-7)9-8(5-14-9)10(12)13/h1-4,8-9H,5H2,(H,12,13). The van der Waals surface area contributed by atoms with Crippen LogP contribution < -0.4 is 0 Å². The average Bonchev–Trinajstić information content (AvgIpc) is 2.00. The number of aliphatic carboxylic acids is 1. The maximum absolute atomic E-state index is 10.8. The molecule has 2 atom stereocenters. The van der Waals surface area contributed by atoms with Crippen molar-refractivity contribution in [3.8, 4) is 0 Å². The summed E-state index contributed by atoms with van der Waals surface area (Å²) in [6, 6.07) is 7.87. The Bertz CT molecular complexity index is 367. The third kappa shape index (κ3) is 1.81. The van der Waals surface area contributed by atoms with Gasteiger partial charge in [-0.25, -0.2) is 0 Å². The first-order valence-electron chi connectivity index (χ1n) is 4.28. The second-order valence-corrected chi connectivity index (χ2v) is 5.34. The van der Waals surface area contributed by atoms with Gasteiger partial charge >= 0.3 is 5.97 Å². The van der Waals surface area contributed by atoms with Crippen molar-refractivity contribution in [1.82, 2.24) is 0 Å². The topological polar surface area (TPSA) is 37.3 Å². The SMILES string of the molecule is O=C(O)C1CSC1c1cccc(Br)c1. The number of halogens is 1. The van der Waals surface area contributed by atoms with Crippen LogP contribution in [0.15, 0.2) is 28.7 Å². The van der Waals surface area contributed by atoms with Crippen molar-refractivity contribution < 1.29 is 9.90 Å². The number of benzene rings is 1. The molecule has 2 rings (SSSR count). The van der Waals surface area contributed by atoms with E-state index in [0.717, 1.165) is 15.8 Å². The summed E-state index contributed by atoms with van der Waals surface area (Å²) in [6.45, 7) is 0. The molecule has 1 aliphatic heterocycles. The van der Waals surface area contributed by atoms with Crippen molar-refractivity contribution in [2.24, 2.45) is 5.92 Å². The Morgan fingerprint density at radius 3 is 2.86 bits per heavy atom. The minimum Gasteiger partial charge on any atom is -0.481 e. The number of carbonyl (C=O) groups is 1. The van der Waals surface area contributed by atoms with Crippen molar-refractivity contribution in [1.29, 1.82) is 0 Å². The Kier molecular flexibility index (Phi) is 2.83. The minimum atomic E-state index is -0.686. The Morgan fingerprint density at radius 2 is 2.36 bits per heavy atom. The third-order valence-corrected chi connectivity index (χ3v) is 4.32. The van der Waals surface area contributed by atoms with E-state index in [0.29, 0.717) is 0 Å². The van der Waals surface area contributed by atoms with Gasteiger partial charge in [-0.3, -0.25) is 4.79 Å². The summed E-state index contributed by atoms with van der Waals surface area (Å²) < 4.78 is 1.01. The van der Waals surface area contributed by atoms with Gasteiger partial charge in [0.25, 0.3) is 0 Å². The van der Waals surface area contributed by atoms with Crippen LogP contribution in [0, 0.1) is 5.92 Å². The van der Waals surface area contributed by atoms with Crippen LogP contribution in [0.5, 0.6) is 0 Å². The highest BCUT2D eigenvalue weighted by molar-refractivity contribution is 9.10. The molecule has 2 nitrogen and oxygen atoms in total. The smallest absolute Gasteiger partial charge is 0.308 e. The zero-order valence-corrected chi connectivity index (χ0v) is 9.72. The Balaban J connectivity index is 2.20. The molecule has 1 aliphatic rings. The van der Waals surface area contributed by atoms with E-state index in [2.05, 4.69) is 15.9 Å². The molecule has 1 fully saturated rings. The predicted molar refractivity (Wildman–Crippen MR) is 60.5 cm³/mol. The zero-order valence-electron chi connectivity index (χ0n) is 7.31. The second kappa shape index (κ2) is 3.95. The van der Waals surface area contributed by atoms with Crippen LogP contribution in [-0.2, 0) is 4.79 Å². The summed E-state index contributed by atoms with van der Waals surface area (Å²) in [6.07, 6.45) is 0. The van der Waals surface area contributed by atoms with Crippen LogP contribution in [0.2, 0.25) is 0 Å². The Morgan fingerprint density at radius 1 is 1.57 bits per heavy atom. The lowest BCUT2D eigenvalue weighted by Gasteiger charge is -2.33.